The van der Waals surface area contributed by atoms with Crippen molar-refractivity contribution in [2.24, 2.45) is 5.92 Å². The van der Waals surface area contributed by atoms with Gasteiger partial charge in [-0.25, -0.2) is 0 Å². The highest BCUT2D eigenvalue weighted by molar-refractivity contribution is 5.77. The molecule has 1 amide bonds. The van der Waals surface area contributed by atoms with Gasteiger partial charge in [-0.15, -0.1) is 0 Å². The Morgan fingerprint density at radius 3 is 2.71 bits per heavy atom. The van der Waals surface area contributed by atoms with E-state index in [0.717, 1.165) is 60.7 Å². The van der Waals surface area contributed by atoms with E-state index in [2.05, 4.69) is 18.3 Å². The standard InChI is InChI=1S/C25H32N2O4/c1-18-10-12-27(13-11-18)24(28)17-30-22-8-4-3-6-20(22)15-26-21-14-19-7-5-9-23(29-2)25(19)31-16-21/h3-9,18,21,26H,10-17H2,1-2H3. The quantitative estimate of drug-likeness (QED) is 0.738. The van der Waals surface area contributed by atoms with E-state index in [4.69, 9.17) is 14.2 Å². The van der Waals surface area contributed by atoms with Crippen LogP contribution in [0.4, 0.5) is 0 Å². The molecule has 1 atom stereocenters. The Labute approximate surface area is 184 Å². The first-order valence-electron chi connectivity index (χ1n) is 11.1. The molecular weight excluding hydrogens is 392 g/mol. The van der Waals surface area contributed by atoms with Crippen molar-refractivity contribution in [3.05, 3.63) is 53.6 Å². The average molecular weight is 425 g/mol. The van der Waals surface area contributed by atoms with Gasteiger partial charge in [0.1, 0.15) is 12.4 Å². The van der Waals surface area contributed by atoms with E-state index in [-0.39, 0.29) is 18.6 Å². The second kappa shape index (κ2) is 10.1. The van der Waals surface area contributed by atoms with E-state index in [0.29, 0.717) is 19.1 Å². The predicted molar refractivity (Wildman–Crippen MR) is 120 cm³/mol. The molecule has 4 rings (SSSR count). The Kier molecular flexibility index (Phi) is 6.97. The molecule has 31 heavy (non-hydrogen) atoms. The fourth-order valence-electron chi connectivity index (χ4n) is 4.22. The highest BCUT2D eigenvalue weighted by Gasteiger charge is 2.23. The lowest BCUT2D eigenvalue weighted by Gasteiger charge is -2.30. The topological polar surface area (TPSA) is 60.0 Å². The second-order valence-corrected chi connectivity index (χ2v) is 8.50. The summed E-state index contributed by atoms with van der Waals surface area (Å²) in [4.78, 5) is 14.4. The minimum atomic E-state index is 0.0703. The Bertz CT molecular complexity index is 893. The van der Waals surface area contributed by atoms with Crippen LogP contribution in [-0.4, -0.2) is 50.3 Å². The van der Waals surface area contributed by atoms with Gasteiger partial charge < -0.3 is 24.4 Å². The van der Waals surface area contributed by atoms with Gasteiger partial charge in [-0.1, -0.05) is 37.3 Å². The zero-order chi connectivity index (χ0) is 21.6. The highest BCUT2D eigenvalue weighted by atomic mass is 16.5. The molecule has 0 bridgehead atoms. The number of piperidine rings is 1. The number of carbonyl (C=O) groups is 1. The number of likely N-dealkylation sites (tertiary alicyclic amines) is 1. The van der Waals surface area contributed by atoms with E-state index in [1.807, 2.05) is 41.3 Å². The molecule has 1 saturated heterocycles. The molecule has 1 unspecified atom stereocenters. The minimum Gasteiger partial charge on any atom is -0.493 e. The molecular formula is C25H32N2O4. The normalized spacial score (nSPS) is 18.8. The number of nitrogens with zero attached hydrogens (tertiary/aromatic N) is 1. The van der Waals surface area contributed by atoms with E-state index >= 15 is 0 Å². The lowest BCUT2D eigenvalue weighted by atomic mass is 9.99. The van der Waals surface area contributed by atoms with E-state index in [1.165, 1.54) is 0 Å². The third kappa shape index (κ3) is 5.31. The SMILES string of the molecule is COc1cccc2c1OCC(NCc1ccccc1OCC(=O)N1CCC(C)CC1)C2. The molecule has 166 valence electrons. The van der Waals surface area contributed by atoms with Crippen LogP contribution in [0.25, 0.3) is 0 Å². The van der Waals surface area contributed by atoms with Crippen molar-refractivity contribution >= 4 is 5.91 Å². The average Bonchev–Trinajstić information content (AvgIpc) is 2.81. The first-order chi connectivity index (χ1) is 15.1. The second-order valence-electron chi connectivity index (χ2n) is 8.50. The molecule has 1 fully saturated rings. The summed E-state index contributed by atoms with van der Waals surface area (Å²) >= 11 is 0. The third-order valence-electron chi connectivity index (χ3n) is 6.22. The van der Waals surface area contributed by atoms with E-state index in [9.17, 15) is 4.79 Å². The molecule has 6 nitrogen and oxygen atoms in total. The number of hydrogen-bond acceptors (Lipinski definition) is 5. The van der Waals surface area contributed by atoms with E-state index < -0.39 is 0 Å². The first kappa shape index (κ1) is 21.5. The van der Waals surface area contributed by atoms with Gasteiger partial charge in [-0.05, 0) is 42.9 Å². The van der Waals surface area contributed by atoms with Crippen molar-refractivity contribution in [1.82, 2.24) is 10.2 Å². The van der Waals surface area contributed by atoms with Gasteiger partial charge in [0.05, 0.1) is 7.11 Å². The van der Waals surface area contributed by atoms with Crippen LogP contribution >= 0.6 is 0 Å². The first-order valence-corrected chi connectivity index (χ1v) is 11.1. The zero-order valence-corrected chi connectivity index (χ0v) is 18.4. The van der Waals surface area contributed by atoms with Crippen molar-refractivity contribution < 1.29 is 19.0 Å². The summed E-state index contributed by atoms with van der Waals surface area (Å²) in [5, 5.41) is 3.57. The summed E-state index contributed by atoms with van der Waals surface area (Å²) in [5.74, 6) is 3.15. The number of amides is 1. The number of ether oxygens (including phenoxy) is 3. The molecule has 2 heterocycles. The van der Waals surface area contributed by atoms with Gasteiger partial charge in [0.2, 0.25) is 0 Å². The lowest BCUT2D eigenvalue weighted by Crippen LogP contribution is -2.40. The summed E-state index contributed by atoms with van der Waals surface area (Å²) in [6.45, 7) is 5.24. The fraction of sp³-hybridized carbons (Fsp3) is 0.480. The molecule has 0 saturated carbocycles. The molecule has 6 heteroatoms. The van der Waals surface area contributed by atoms with Crippen molar-refractivity contribution in [2.75, 3.05) is 33.4 Å². The molecule has 1 N–H and O–H groups in total. The molecule has 2 aliphatic heterocycles. The van der Waals surface area contributed by atoms with Crippen molar-refractivity contribution in [1.29, 1.82) is 0 Å². The molecule has 0 spiro atoms. The maximum absolute atomic E-state index is 12.5. The van der Waals surface area contributed by atoms with Crippen LogP contribution in [0.1, 0.15) is 30.9 Å². The van der Waals surface area contributed by atoms with Gasteiger partial charge in [0.25, 0.3) is 5.91 Å². The molecule has 0 aliphatic carbocycles. The Balaban J connectivity index is 1.31. The number of benzene rings is 2. The summed E-state index contributed by atoms with van der Waals surface area (Å²) in [5.41, 5.74) is 2.19. The van der Waals surface area contributed by atoms with Gasteiger partial charge in [0.15, 0.2) is 18.1 Å². The molecule has 2 aromatic carbocycles. The predicted octanol–water partition coefficient (Wildman–Crippen LogP) is 3.43. The Morgan fingerprint density at radius 1 is 1.13 bits per heavy atom. The Morgan fingerprint density at radius 2 is 1.90 bits per heavy atom. The van der Waals surface area contributed by atoms with Crippen LogP contribution in [-0.2, 0) is 17.8 Å². The smallest absolute Gasteiger partial charge is 0.260 e. The van der Waals surface area contributed by atoms with Gasteiger partial charge in [-0.3, -0.25) is 4.79 Å². The van der Waals surface area contributed by atoms with Crippen molar-refractivity contribution in [2.45, 2.75) is 38.8 Å². The molecule has 0 aromatic heterocycles. The monoisotopic (exact) mass is 424 g/mol. The Hall–Kier alpha value is -2.73. The maximum Gasteiger partial charge on any atom is 0.260 e. The molecule has 2 aliphatic rings. The number of hydrogen-bond donors (Lipinski definition) is 1. The zero-order valence-electron chi connectivity index (χ0n) is 18.4. The van der Waals surface area contributed by atoms with Gasteiger partial charge >= 0.3 is 0 Å². The largest absolute Gasteiger partial charge is 0.493 e. The van der Waals surface area contributed by atoms with Crippen LogP contribution in [0.15, 0.2) is 42.5 Å². The minimum absolute atomic E-state index is 0.0703. The van der Waals surface area contributed by atoms with Crippen molar-refractivity contribution in [3.8, 4) is 17.2 Å². The fourth-order valence-corrected chi connectivity index (χ4v) is 4.22. The number of carbonyl (C=O) groups excluding carboxylic acids is 1. The summed E-state index contributed by atoms with van der Waals surface area (Å²) in [7, 11) is 1.66. The van der Waals surface area contributed by atoms with E-state index in [1.54, 1.807) is 7.11 Å². The van der Waals surface area contributed by atoms with Crippen LogP contribution < -0.4 is 19.5 Å². The molecule has 2 aromatic rings. The molecule has 0 radical (unpaired) electrons. The number of rotatable bonds is 7. The number of nitrogens with one attached hydrogen (secondary N) is 1. The maximum atomic E-state index is 12.5. The van der Waals surface area contributed by atoms with Gasteiger partial charge in [-0.2, -0.15) is 0 Å². The van der Waals surface area contributed by atoms with Crippen LogP contribution in [0.2, 0.25) is 0 Å². The highest BCUT2D eigenvalue weighted by Crippen LogP contribution is 2.34. The van der Waals surface area contributed by atoms with Gasteiger partial charge in [0, 0.05) is 31.2 Å². The van der Waals surface area contributed by atoms with Crippen LogP contribution in [0.5, 0.6) is 17.2 Å². The van der Waals surface area contributed by atoms with Crippen LogP contribution in [0.3, 0.4) is 0 Å². The summed E-state index contributed by atoms with van der Waals surface area (Å²) in [6.07, 6.45) is 3.02. The lowest BCUT2D eigenvalue weighted by molar-refractivity contribution is -0.134. The van der Waals surface area contributed by atoms with Crippen molar-refractivity contribution in [3.63, 3.8) is 0 Å². The van der Waals surface area contributed by atoms with Crippen LogP contribution in [0, 0.1) is 5.92 Å². The summed E-state index contributed by atoms with van der Waals surface area (Å²) in [6, 6.07) is 14.1. The number of fused-ring (bicyclic) bond motifs is 1. The summed E-state index contributed by atoms with van der Waals surface area (Å²) < 4.78 is 17.3. The third-order valence-corrected chi connectivity index (χ3v) is 6.22. The number of para-hydroxylation sites is 2. The number of methoxy groups -OCH3 is 1.